The Balaban J connectivity index is 1.79. The highest BCUT2D eigenvalue weighted by atomic mass is 16.3. The summed E-state index contributed by atoms with van der Waals surface area (Å²) in [4.78, 5) is 22.6. The summed E-state index contributed by atoms with van der Waals surface area (Å²) < 4.78 is 0. The van der Waals surface area contributed by atoms with Crippen LogP contribution in [-0.4, -0.2) is 45.1 Å². The topological polar surface area (TPSA) is 66.3 Å². The van der Waals surface area contributed by atoms with Gasteiger partial charge in [-0.25, -0.2) is 4.98 Å². The second kappa shape index (κ2) is 5.41. The summed E-state index contributed by atoms with van der Waals surface area (Å²) in [5, 5.41) is 10.4. The minimum absolute atomic E-state index is 0.200. The van der Waals surface area contributed by atoms with Gasteiger partial charge in [0.2, 0.25) is 0 Å². The minimum Gasteiger partial charge on any atom is -0.388 e. The van der Waals surface area contributed by atoms with E-state index in [9.17, 15) is 9.90 Å². The van der Waals surface area contributed by atoms with E-state index in [2.05, 4.69) is 9.97 Å². The number of aromatic nitrogens is 2. The summed E-state index contributed by atoms with van der Waals surface area (Å²) in [7, 11) is 1.70. The number of hydrogen-bond acceptors (Lipinski definition) is 4. The second-order valence-corrected chi connectivity index (χ2v) is 5.84. The number of aliphatic hydroxyl groups is 1. The van der Waals surface area contributed by atoms with Crippen molar-refractivity contribution in [1.29, 1.82) is 0 Å². The highest BCUT2D eigenvalue weighted by molar-refractivity contribution is 5.93. The van der Waals surface area contributed by atoms with E-state index >= 15 is 0 Å². The van der Waals surface area contributed by atoms with Gasteiger partial charge in [0, 0.05) is 13.6 Å². The zero-order valence-electron chi connectivity index (χ0n) is 12.1. The standard InChI is InChI=1S/C16H19N3O2/c1-19(11-16(21)8-4-5-9-16)15(20)14-10-17-12-6-2-3-7-13(12)18-14/h2-3,6-7,10,21H,4-5,8-9,11H2,1H3. The Morgan fingerprint density at radius 3 is 2.67 bits per heavy atom. The summed E-state index contributed by atoms with van der Waals surface area (Å²) in [6, 6.07) is 7.46. The van der Waals surface area contributed by atoms with Gasteiger partial charge in [-0.05, 0) is 25.0 Å². The molecule has 1 aliphatic carbocycles. The molecule has 1 amide bonds. The fourth-order valence-electron chi connectivity index (χ4n) is 2.96. The van der Waals surface area contributed by atoms with E-state index in [0.29, 0.717) is 17.8 Å². The number of rotatable bonds is 3. The SMILES string of the molecule is CN(CC1(O)CCCC1)C(=O)c1cnc2ccccc2n1. The van der Waals surface area contributed by atoms with Crippen molar-refractivity contribution >= 4 is 16.9 Å². The van der Waals surface area contributed by atoms with Gasteiger partial charge < -0.3 is 10.0 Å². The highest BCUT2D eigenvalue weighted by Crippen LogP contribution is 2.30. The first-order valence-electron chi connectivity index (χ1n) is 7.27. The normalized spacial score (nSPS) is 17.0. The van der Waals surface area contributed by atoms with Crippen molar-refractivity contribution in [3.8, 4) is 0 Å². The van der Waals surface area contributed by atoms with E-state index in [-0.39, 0.29) is 5.91 Å². The number of likely N-dealkylation sites (N-methyl/N-ethyl adjacent to an activating group) is 1. The summed E-state index contributed by atoms with van der Waals surface area (Å²) in [6.07, 6.45) is 5.06. The van der Waals surface area contributed by atoms with Crippen molar-refractivity contribution < 1.29 is 9.90 Å². The lowest BCUT2D eigenvalue weighted by Crippen LogP contribution is -2.42. The van der Waals surface area contributed by atoms with Crippen molar-refractivity contribution in [2.45, 2.75) is 31.3 Å². The average molecular weight is 285 g/mol. The number of amides is 1. The number of nitrogens with zero attached hydrogens (tertiary/aromatic N) is 3. The first kappa shape index (κ1) is 13.9. The molecule has 1 saturated carbocycles. The Morgan fingerprint density at radius 1 is 1.29 bits per heavy atom. The molecule has 1 heterocycles. The van der Waals surface area contributed by atoms with Gasteiger partial charge in [0.05, 0.1) is 22.8 Å². The molecule has 3 rings (SSSR count). The van der Waals surface area contributed by atoms with Crippen molar-refractivity contribution in [3.05, 3.63) is 36.2 Å². The van der Waals surface area contributed by atoms with E-state index < -0.39 is 5.60 Å². The molecule has 5 heteroatoms. The van der Waals surface area contributed by atoms with Crippen LogP contribution in [0.5, 0.6) is 0 Å². The molecule has 1 aliphatic rings. The lowest BCUT2D eigenvalue weighted by molar-refractivity contribution is 0.0155. The van der Waals surface area contributed by atoms with Crippen molar-refractivity contribution in [2.75, 3.05) is 13.6 Å². The first-order valence-corrected chi connectivity index (χ1v) is 7.27. The fraction of sp³-hybridized carbons (Fsp3) is 0.438. The molecule has 1 N–H and O–H groups in total. The number of carbonyl (C=O) groups excluding carboxylic acids is 1. The number of benzene rings is 1. The predicted octanol–water partition coefficient (Wildman–Crippen LogP) is 2.01. The maximum Gasteiger partial charge on any atom is 0.273 e. The lowest BCUT2D eigenvalue weighted by atomic mass is 10.0. The number of para-hydroxylation sites is 2. The van der Waals surface area contributed by atoms with E-state index in [1.807, 2.05) is 24.3 Å². The van der Waals surface area contributed by atoms with Crippen molar-refractivity contribution in [2.24, 2.45) is 0 Å². The molecule has 0 bridgehead atoms. The molecule has 0 atom stereocenters. The van der Waals surface area contributed by atoms with Crippen LogP contribution in [0.3, 0.4) is 0 Å². The Hall–Kier alpha value is -2.01. The summed E-state index contributed by atoms with van der Waals surface area (Å²) in [5.41, 5.74) is 1.05. The van der Waals surface area contributed by atoms with E-state index in [4.69, 9.17) is 0 Å². The van der Waals surface area contributed by atoms with Crippen molar-refractivity contribution in [1.82, 2.24) is 14.9 Å². The van der Waals surface area contributed by atoms with Crippen LogP contribution in [0.25, 0.3) is 11.0 Å². The maximum absolute atomic E-state index is 12.4. The van der Waals surface area contributed by atoms with Crippen LogP contribution >= 0.6 is 0 Å². The molecule has 0 spiro atoms. The maximum atomic E-state index is 12.4. The van der Waals surface area contributed by atoms with Gasteiger partial charge in [0.15, 0.2) is 0 Å². The molecule has 5 nitrogen and oxygen atoms in total. The van der Waals surface area contributed by atoms with Crippen LogP contribution in [0.1, 0.15) is 36.2 Å². The Kier molecular flexibility index (Phi) is 3.59. The third-order valence-electron chi connectivity index (χ3n) is 4.08. The van der Waals surface area contributed by atoms with E-state index in [0.717, 1.165) is 31.2 Å². The summed E-state index contributed by atoms with van der Waals surface area (Å²) in [6.45, 7) is 0.348. The molecule has 0 saturated heterocycles. The van der Waals surface area contributed by atoms with Crippen LogP contribution in [0.2, 0.25) is 0 Å². The van der Waals surface area contributed by atoms with Gasteiger partial charge in [-0.2, -0.15) is 0 Å². The van der Waals surface area contributed by atoms with Gasteiger partial charge in [0.1, 0.15) is 5.69 Å². The summed E-state index contributed by atoms with van der Waals surface area (Å²) >= 11 is 0. The zero-order chi connectivity index (χ0) is 14.9. The summed E-state index contributed by atoms with van der Waals surface area (Å²) in [5.74, 6) is -0.200. The molecule has 0 aliphatic heterocycles. The number of hydrogen-bond donors (Lipinski definition) is 1. The largest absolute Gasteiger partial charge is 0.388 e. The molecule has 1 fully saturated rings. The van der Waals surface area contributed by atoms with Crippen molar-refractivity contribution in [3.63, 3.8) is 0 Å². The molecule has 0 radical (unpaired) electrons. The predicted molar refractivity (Wildman–Crippen MR) is 79.9 cm³/mol. The van der Waals surface area contributed by atoms with Gasteiger partial charge >= 0.3 is 0 Å². The van der Waals surface area contributed by atoms with Gasteiger partial charge in [-0.15, -0.1) is 0 Å². The molecular weight excluding hydrogens is 266 g/mol. The van der Waals surface area contributed by atoms with Gasteiger partial charge in [-0.1, -0.05) is 25.0 Å². The highest BCUT2D eigenvalue weighted by Gasteiger charge is 2.33. The molecular formula is C16H19N3O2. The molecule has 2 aromatic rings. The van der Waals surface area contributed by atoms with Crippen LogP contribution in [0.15, 0.2) is 30.5 Å². The fourth-order valence-corrected chi connectivity index (χ4v) is 2.96. The first-order chi connectivity index (χ1) is 10.1. The third-order valence-corrected chi connectivity index (χ3v) is 4.08. The van der Waals surface area contributed by atoms with Crippen LogP contribution in [0.4, 0.5) is 0 Å². The van der Waals surface area contributed by atoms with E-state index in [1.54, 1.807) is 11.9 Å². The Labute approximate surface area is 123 Å². The average Bonchev–Trinajstić information content (AvgIpc) is 2.92. The minimum atomic E-state index is -0.741. The van der Waals surface area contributed by atoms with Crippen LogP contribution in [0, 0.1) is 0 Å². The lowest BCUT2D eigenvalue weighted by Gasteiger charge is -2.28. The second-order valence-electron chi connectivity index (χ2n) is 5.84. The molecule has 110 valence electrons. The number of carbonyl (C=O) groups is 1. The smallest absolute Gasteiger partial charge is 0.273 e. The third kappa shape index (κ3) is 2.88. The van der Waals surface area contributed by atoms with Crippen LogP contribution < -0.4 is 0 Å². The Morgan fingerprint density at radius 2 is 1.95 bits per heavy atom. The molecule has 1 aromatic carbocycles. The molecule has 21 heavy (non-hydrogen) atoms. The van der Waals surface area contributed by atoms with Gasteiger partial charge in [-0.3, -0.25) is 9.78 Å². The van der Waals surface area contributed by atoms with E-state index in [1.165, 1.54) is 6.20 Å². The van der Waals surface area contributed by atoms with Gasteiger partial charge in [0.25, 0.3) is 5.91 Å². The quantitative estimate of drug-likeness (QED) is 0.936. The monoisotopic (exact) mass is 285 g/mol. The Bertz CT molecular complexity index is 665. The molecule has 0 unspecified atom stereocenters. The number of fused-ring (bicyclic) bond motifs is 1. The zero-order valence-corrected chi connectivity index (χ0v) is 12.1. The molecule has 1 aromatic heterocycles. The van der Waals surface area contributed by atoms with Crippen LogP contribution in [-0.2, 0) is 0 Å².